The van der Waals surface area contributed by atoms with Crippen molar-refractivity contribution in [2.75, 3.05) is 0 Å². The second kappa shape index (κ2) is 14.5. The molecule has 0 bridgehead atoms. The van der Waals surface area contributed by atoms with E-state index in [0.717, 1.165) is 0 Å². The van der Waals surface area contributed by atoms with E-state index in [9.17, 15) is 57.1 Å². The van der Waals surface area contributed by atoms with Gasteiger partial charge in [-0.3, -0.25) is 0 Å². The Balaban J connectivity index is 1.91. The van der Waals surface area contributed by atoms with Crippen LogP contribution >= 0.6 is 0 Å². The summed E-state index contributed by atoms with van der Waals surface area (Å²) in [7, 11) is 0. The van der Waals surface area contributed by atoms with E-state index < -0.39 is 201 Å². The van der Waals surface area contributed by atoms with Crippen LogP contribution in [0.25, 0.3) is 33.0 Å². The minimum atomic E-state index is -6.55. The molecule has 61 heavy (non-hydrogen) atoms. The first kappa shape index (κ1) is 44.3. The fourth-order valence-corrected chi connectivity index (χ4v) is 6.18. The largest absolute Gasteiger partial charge is 0.227 e. The Morgan fingerprint density at radius 3 is 0.672 bits per heavy atom. The molecule has 6 aromatic rings. The maximum atomic E-state index is 17.3. The van der Waals surface area contributed by atoms with Gasteiger partial charge in [0.2, 0.25) is 17.3 Å². The first-order valence-electron chi connectivity index (χ1n) is 14.9. The maximum absolute atomic E-state index is 17.3. The van der Waals surface area contributed by atoms with Gasteiger partial charge in [0, 0.05) is 22.1 Å². The molecule has 0 aromatic heterocycles. The molecule has 0 nitrogen and oxygen atoms in total. The van der Waals surface area contributed by atoms with E-state index in [1.807, 2.05) is 0 Å². The molecule has 6 aromatic carbocycles. The van der Waals surface area contributed by atoms with Crippen molar-refractivity contribution in [1.82, 2.24) is 0 Å². The number of benzene rings is 6. The highest BCUT2D eigenvalue weighted by molar-refractivity contribution is 6.02. The molecule has 6 rings (SSSR count). The van der Waals surface area contributed by atoms with Crippen LogP contribution in [0.15, 0.2) is 0 Å². The normalized spacial score (nSPS) is 12.1. The van der Waals surface area contributed by atoms with Gasteiger partial charge in [0.15, 0.2) is 134 Å². The van der Waals surface area contributed by atoms with Crippen LogP contribution in [0.1, 0.15) is 16.7 Å². The van der Waals surface area contributed by atoms with Gasteiger partial charge in [-0.2, -0.15) is 0 Å². The van der Waals surface area contributed by atoms with E-state index in [0.29, 0.717) is 0 Å². The third-order valence-corrected chi connectivity index (χ3v) is 8.83. The zero-order valence-corrected chi connectivity index (χ0v) is 27.3. The minimum absolute atomic E-state index is 2.71. The van der Waals surface area contributed by atoms with Crippen LogP contribution in [-0.4, -0.2) is 0 Å². The highest BCUT2D eigenvalue weighted by atomic mass is 19.2. The van der Waals surface area contributed by atoms with Crippen LogP contribution in [0.4, 0.5) is 114 Å². The van der Waals surface area contributed by atoms with Crippen LogP contribution in [0.3, 0.4) is 0 Å². The first-order chi connectivity index (χ1) is 28.1. The Hall–Kier alpha value is -6.24. The minimum Gasteiger partial charge on any atom is -0.227 e. The van der Waals surface area contributed by atoms with Crippen molar-refractivity contribution in [2.24, 2.45) is 0 Å². The van der Waals surface area contributed by atoms with Crippen molar-refractivity contribution in [1.29, 1.82) is 0 Å². The number of hydrogen-bond donors (Lipinski definition) is 0. The standard InChI is InChI=1S/C35F26/c36-10-1(4-6(16(42)24(10)50)17(43)28(54)27(53)13(4)39)2-3(12(38)26(52)25(51)11(2)37)5-14(40)18(44)7(19(45)15(5)41)35(61,8-20(46)29(55)33(59)30(56)21(8)47)9-22(48)31(57)34(60)32(58)23(9)49. The molecule has 0 heterocycles. The predicted octanol–water partition coefficient (Wildman–Crippen LogP) is 12.9. The summed E-state index contributed by atoms with van der Waals surface area (Å²) in [5, 5.41) is -5.47. The molecule has 0 unspecified atom stereocenters. The molecule has 26 heteroatoms. The summed E-state index contributed by atoms with van der Waals surface area (Å²) in [4.78, 5) is 0. The van der Waals surface area contributed by atoms with Crippen molar-refractivity contribution < 1.29 is 114 Å². The molecule has 0 saturated carbocycles. The van der Waals surface area contributed by atoms with Gasteiger partial charge < -0.3 is 0 Å². The number of alkyl halides is 1. The van der Waals surface area contributed by atoms with Crippen molar-refractivity contribution in [3.8, 4) is 22.3 Å². The van der Waals surface area contributed by atoms with Crippen molar-refractivity contribution in [3.63, 3.8) is 0 Å². The molecule has 0 N–H and O–H groups in total. The molecule has 0 aliphatic carbocycles. The monoisotopic (exact) mass is 914 g/mol. The lowest BCUT2D eigenvalue weighted by Gasteiger charge is -2.30. The third-order valence-electron chi connectivity index (χ3n) is 8.83. The summed E-state index contributed by atoms with van der Waals surface area (Å²) in [6.07, 6.45) is 0. The lowest BCUT2D eigenvalue weighted by atomic mass is 9.78. The molecule has 0 spiro atoms. The van der Waals surface area contributed by atoms with Crippen molar-refractivity contribution >= 4 is 10.8 Å². The van der Waals surface area contributed by atoms with Gasteiger partial charge in [0.25, 0.3) is 0 Å². The predicted molar refractivity (Wildman–Crippen MR) is 148 cm³/mol. The van der Waals surface area contributed by atoms with Gasteiger partial charge in [-0.25, -0.2) is 114 Å². The lowest BCUT2D eigenvalue weighted by molar-refractivity contribution is 0.208. The average Bonchev–Trinajstić information content (AvgIpc) is 3.21. The zero-order chi connectivity index (χ0) is 46.1. The van der Waals surface area contributed by atoms with Crippen LogP contribution in [0, 0.1) is 145 Å². The summed E-state index contributed by atoms with van der Waals surface area (Å²) in [5.74, 6) is -88.8. The van der Waals surface area contributed by atoms with Crippen LogP contribution in [0.2, 0.25) is 0 Å². The highest BCUT2D eigenvalue weighted by Gasteiger charge is 2.55. The smallest absolute Gasteiger partial charge is 0.203 e. The number of rotatable bonds is 5. The van der Waals surface area contributed by atoms with E-state index in [4.69, 9.17) is 0 Å². The summed E-state index contributed by atoms with van der Waals surface area (Å²) >= 11 is 0. The molecular weight excluding hydrogens is 914 g/mol. The van der Waals surface area contributed by atoms with Crippen molar-refractivity contribution in [2.45, 2.75) is 5.67 Å². The molecule has 0 radical (unpaired) electrons. The quantitative estimate of drug-likeness (QED) is 0.0700. The Bertz CT molecular complexity index is 2820. The zero-order valence-electron chi connectivity index (χ0n) is 27.3. The fraction of sp³-hybridized carbons (Fsp3) is 0.0286. The van der Waals surface area contributed by atoms with Gasteiger partial charge >= 0.3 is 0 Å². The summed E-state index contributed by atoms with van der Waals surface area (Å²) in [6, 6.07) is 0. The number of hydrogen-bond acceptors (Lipinski definition) is 0. The molecule has 0 aliphatic heterocycles. The van der Waals surface area contributed by atoms with E-state index in [1.165, 1.54) is 0 Å². The van der Waals surface area contributed by atoms with Crippen molar-refractivity contribution in [3.05, 3.63) is 162 Å². The van der Waals surface area contributed by atoms with Gasteiger partial charge in [-0.1, -0.05) is 0 Å². The van der Waals surface area contributed by atoms with Gasteiger partial charge in [-0.05, 0) is 0 Å². The topological polar surface area (TPSA) is 0 Å². The van der Waals surface area contributed by atoms with E-state index >= 15 is 57.1 Å². The molecule has 0 fully saturated rings. The SMILES string of the molecule is Fc1c(F)c(F)c(C(F)(c2c(F)c(F)c(F)c(F)c2F)c2c(F)c(F)c(-c3c(F)c(F)c(F)c(F)c3-c3c(F)c(F)c(F)c4c(F)c(F)c(F)c(F)c34)c(F)c2F)c(F)c1F. The summed E-state index contributed by atoms with van der Waals surface area (Å²) < 4.78 is 391. The number of fused-ring (bicyclic) bond motifs is 1. The summed E-state index contributed by atoms with van der Waals surface area (Å²) in [6.45, 7) is 0. The van der Waals surface area contributed by atoms with Gasteiger partial charge in [0.1, 0.15) is 0 Å². The first-order valence-corrected chi connectivity index (χ1v) is 14.9. The second-order valence-electron chi connectivity index (χ2n) is 11.9. The molecule has 0 amide bonds. The lowest BCUT2D eigenvalue weighted by Crippen LogP contribution is -2.35. The molecule has 322 valence electrons. The Morgan fingerprint density at radius 1 is 0.164 bits per heavy atom. The van der Waals surface area contributed by atoms with Crippen LogP contribution < -0.4 is 0 Å². The Labute approximate surface area is 315 Å². The molecular formula is C35F26. The summed E-state index contributed by atoms with van der Waals surface area (Å²) in [5.41, 5.74) is -30.8. The Morgan fingerprint density at radius 2 is 0.344 bits per heavy atom. The average molecular weight is 914 g/mol. The number of halogens is 26. The van der Waals surface area contributed by atoms with Crippen LogP contribution in [-0.2, 0) is 5.67 Å². The third kappa shape index (κ3) is 5.64. The molecule has 0 aliphatic rings. The molecule has 0 saturated heterocycles. The fourth-order valence-electron chi connectivity index (χ4n) is 6.18. The molecule has 0 atom stereocenters. The Kier molecular flexibility index (Phi) is 10.5. The van der Waals surface area contributed by atoms with Crippen LogP contribution in [0.5, 0.6) is 0 Å². The highest BCUT2D eigenvalue weighted by Crippen LogP contribution is 2.53. The van der Waals surface area contributed by atoms with E-state index in [2.05, 4.69) is 0 Å². The second-order valence-corrected chi connectivity index (χ2v) is 11.9. The van der Waals surface area contributed by atoms with E-state index in [-0.39, 0.29) is 0 Å². The maximum Gasteiger partial charge on any atom is 0.203 e. The van der Waals surface area contributed by atoms with Gasteiger partial charge in [-0.15, -0.1) is 0 Å². The van der Waals surface area contributed by atoms with Gasteiger partial charge in [0.05, 0.1) is 27.6 Å². The van der Waals surface area contributed by atoms with E-state index in [1.54, 1.807) is 0 Å².